The summed E-state index contributed by atoms with van der Waals surface area (Å²) in [5, 5.41) is 42.4. The smallest absolute Gasteiger partial charge is 0.435 e. The van der Waals surface area contributed by atoms with E-state index in [2.05, 4.69) is 0 Å². The lowest BCUT2D eigenvalue weighted by molar-refractivity contribution is -0.794. The molecule has 3 unspecified atom stereocenters. The first-order valence-corrected chi connectivity index (χ1v) is 4.74. The summed E-state index contributed by atoms with van der Waals surface area (Å²) >= 11 is 0. The number of aliphatic hydroxyl groups is 4. The first-order chi connectivity index (χ1) is 7.03. The van der Waals surface area contributed by atoms with Gasteiger partial charge in [-0.05, 0) is 6.92 Å². The van der Waals surface area contributed by atoms with Crippen molar-refractivity contribution in [1.29, 1.82) is 0 Å². The average molecular weight is 240 g/mol. The third kappa shape index (κ3) is 8.57. The van der Waals surface area contributed by atoms with Crippen molar-refractivity contribution >= 4 is 6.09 Å². The average Bonchev–Trinajstić information content (AvgIpc) is 2.14. The van der Waals surface area contributed by atoms with Crippen LogP contribution >= 0.6 is 0 Å². The lowest BCUT2D eigenvalue weighted by Gasteiger charge is -2.17. The molecule has 0 saturated carbocycles. The van der Waals surface area contributed by atoms with Crippen LogP contribution in [0.2, 0.25) is 0 Å². The molecule has 1 amide bonds. The van der Waals surface area contributed by atoms with Gasteiger partial charge in [0.2, 0.25) is 0 Å². The largest absolute Gasteiger partial charge is 0.512 e. The molecule has 16 heavy (non-hydrogen) atoms. The Balaban J connectivity index is 0. The van der Waals surface area contributed by atoms with Crippen molar-refractivity contribution in [2.24, 2.45) is 0 Å². The van der Waals surface area contributed by atoms with Crippen LogP contribution < -0.4 is 0 Å². The SMILES string of the molecule is CC(O)C(O)C(O)CO.C[N+](C)(C)C(=O)O. The Labute approximate surface area is 94.8 Å². The van der Waals surface area contributed by atoms with E-state index in [0.29, 0.717) is 0 Å². The molecule has 7 heteroatoms. The molecule has 0 aliphatic heterocycles. The molecule has 7 nitrogen and oxygen atoms in total. The van der Waals surface area contributed by atoms with E-state index in [4.69, 9.17) is 25.5 Å². The van der Waals surface area contributed by atoms with Crippen LogP contribution in [0, 0.1) is 0 Å². The zero-order valence-corrected chi connectivity index (χ0v) is 10.0. The summed E-state index contributed by atoms with van der Waals surface area (Å²) in [5.41, 5.74) is 0. The summed E-state index contributed by atoms with van der Waals surface area (Å²) in [6, 6.07) is 0. The van der Waals surface area contributed by atoms with Crippen LogP contribution in [0.4, 0.5) is 4.79 Å². The predicted octanol–water partition coefficient (Wildman–Crippen LogP) is -1.55. The first-order valence-electron chi connectivity index (χ1n) is 4.74. The van der Waals surface area contributed by atoms with Crippen LogP contribution in [0.3, 0.4) is 0 Å². The van der Waals surface area contributed by atoms with Gasteiger partial charge in [0.05, 0.1) is 33.9 Å². The number of hydrogen-bond donors (Lipinski definition) is 5. The van der Waals surface area contributed by atoms with Gasteiger partial charge in [0, 0.05) is 0 Å². The van der Waals surface area contributed by atoms with Gasteiger partial charge in [-0.3, -0.25) is 0 Å². The highest BCUT2D eigenvalue weighted by Crippen LogP contribution is 1.97. The van der Waals surface area contributed by atoms with Gasteiger partial charge in [-0.1, -0.05) is 0 Å². The Morgan fingerprint density at radius 3 is 1.56 bits per heavy atom. The molecule has 0 rings (SSSR count). The fourth-order valence-corrected chi connectivity index (χ4v) is 0.429. The molecule has 3 atom stereocenters. The molecule has 0 bridgehead atoms. The van der Waals surface area contributed by atoms with E-state index in [0.717, 1.165) is 0 Å². The minimum atomic E-state index is -1.25. The molecule has 0 aromatic carbocycles. The molecule has 0 saturated heterocycles. The van der Waals surface area contributed by atoms with Crippen LogP contribution in [-0.2, 0) is 0 Å². The Kier molecular flexibility index (Phi) is 8.31. The van der Waals surface area contributed by atoms with Crippen LogP contribution in [0.25, 0.3) is 0 Å². The second kappa shape index (κ2) is 7.53. The van der Waals surface area contributed by atoms with Crippen LogP contribution in [0.1, 0.15) is 6.92 Å². The number of rotatable bonds is 3. The van der Waals surface area contributed by atoms with Gasteiger partial charge in [-0.25, -0.2) is 4.48 Å². The lowest BCUT2D eigenvalue weighted by atomic mass is 10.1. The van der Waals surface area contributed by atoms with E-state index in [9.17, 15) is 4.79 Å². The second-order valence-corrected chi connectivity index (χ2v) is 4.28. The third-order valence-corrected chi connectivity index (χ3v) is 1.65. The van der Waals surface area contributed by atoms with Gasteiger partial charge in [-0.2, -0.15) is 4.79 Å². The predicted molar refractivity (Wildman–Crippen MR) is 56.8 cm³/mol. The summed E-state index contributed by atoms with van der Waals surface area (Å²) in [4.78, 5) is 9.99. The van der Waals surface area contributed by atoms with Crippen molar-refractivity contribution in [3.8, 4) is 0 Å². The number of aliphatic hydroxyl groups excluding tert-OH is 4. The zero-order chi connectivity index (χ0) is 13.5. The lowest BCUT2D eigenvalue weighted by Crippen LogP contribution is -2.39. The highest BCUT2D eigenvalue weighted by molar-refractivity contribution is 5.55. The van der Waals surface area contributed by atoms with Crippen molar-refractivity contribution in [3.05, 3.63) is 0 Å². The van der Waals surface area contributed by atoms with Gasteiger partial charge >= 0.3 is 6.09 Å². The molecule has 0 fully saturated rings. The van der Waals surface area contributed by atoms with E-state index in [1.807, 2.05) is 0 Å². The molecule has 0 aromatic rings. The Morgan fingerprint density at radius 2 is 1.50 bits per heavy atom. The van der Waals surface area contributed by atoms with Gasteiger partial charge in [0.1, 0.15) is 12.2 Å². The molecule has 0 heterocycles. The molecule has 0 radical (unpaired) electrons. The van der Waals surface area contributed by atoms with Crippen molar-refractivity contribution in [3.63, 3.8) is 0 Å². The number of nitrogens with zero attached hydrogens (tertiary/aromatic N) is 1. The van der Waals surface area contributed by atoms with E-state index in [-0.39, 0.29) is 4.48 Å². The zero-order valence-electron chi connectivity index (χ0n) is 10.0. The van der Waals surface area contributed by atoms with Crippen molar-refractivity contribution in [1.82, 2.24) is 0 Å². The fraction of sp³-hybridized carbons (Fsp3) is 0.889. The van der Waals surface area contributed by atoms with Gasteiger partial charge in [0.15, 0.2) is 0 Å². The monoisotopic (exact) mass is 240 g/mol. The summed E-state index contributed by atoms with van der Waals surface area (Å²) in [5.74, 6) is 0. The number of carboxylic acid groups (broad SMARTS) is 1. The Morgan fingerprint density at radius 1 is 1.19 bits per heavy atom. The summed E-state index contributed by atoms with van der Waals surface area (Å²) < 4.78 is -0.0278. The highest BCUT2D eigenvalue weighted by atomic mass is 16.4. The quantitative estimate of drug-likeness (QED) is 0.381. The molecule has 0 aliphatic carbocycles. The number of carbonyl (C=O) groups is 1. The fourth-order valence-electron chi connectivity index (χ4n) is 0.429. The topological polar surface area (TPSA) is 118 Å². The molecular weight excluding hydrogens is 218 g/mol. The number of amides is 1. The van der Waals surface area contributed by atoms with Crippen molar-refractivity contribution in [2.45, 2.75) is 25.2 Å². The standard InChI is InChI=1S/C5H12O4.C4H9NO2/c1-3(7)5(9)4(8)2-6;1-5(2,3)4(6)7/h3-9H,2H2,1H3;1-3H3/p+1. The minimum absolute atomic E-state index is 0.0278. The molecule has 0 spiro atoms. The Bertz CT molecular complexity index is 201. The van der Waals surface area contributed by atoms with Crippen molar-refractivity contribution in [2.75, 3.05) is 27.7 Å². The van der Waals surface area contributed by atoms with Crippen molar-refractivity contribution < 1.29 is 34.8 Å². The van der Waals surface area contributed by atoms with Crippen LogP contribution in [0.15, 0.2) is 0 Å². The summed E-state index contributed by atoms with van der Waals surface area (Å²) in [7, 11) is 4.80. The van der Waals surface area contributed by atoms with E-state index >= 15 is 0 Å². The number of hydrogen-bond acceptors (Lipinski definition) is 5. The maximum absolute atomic E-state index is 9.99. The maximum atomic E-state index is 9.99. The normalized spacial score (nSPS) is 16.8. The van der Waals surface area contributed by atoms with Gasteiger partial charge in [-0.15, -0.1) is 0 Å². The third-order valence-electron chi connectivity index (χ3n) is 1.65. The van der Waals surface area contributed by atoms with E-state index in [1.54, 1.807) is 21.1 Å². The van der Waals surface area contributed by atoms with E-state index in [1.165, 1.54) is 6.92 Å². The van der Waals surface area contributed by atoms with Gasteiger partial charge in [0.25, 0.3) is 0 Å². The summed E-state index contributed by atoms with van der Waals surface area (Å²) in [6.45, 7) is 0.801. The Hall–Kier alpha value is -0.730. The second-order valence-electron chi connectivity index (χ2n) is 4.28. The molecule has 5 N–H and O–H groups in total. The summed E-state index contributed by atoms with van der Waals surface area (Å²) in [6.07, 6.45) is -4.33. The first kappa shape index (κ1) is 17.7. The van der Waals surface area contributed by atoms with Crippen LogP contribution in [-0.4, -0.2) is 82.2 Å². The maximum Gasteiger partial charge on any atom is 0.512 e. The van der Waals surface area contributed by atoms with Crippen LogP contribution in [0.5, 0.6) is 0 Å². The molecule has 98 valence electrons. The molecular formula is C9H22NO6+. The van der Waals surface area contributed by atoms with E-state index < -0.39 is 31.0 Å². The number of quaternary nitrogens is 1. The molecule has 0 aliphatic rings. The highest BCUT2D eigenvalue weighted by Gasteiger charge is 2.19. The minimum Gasteiger partial charge on any atom is -0.435 e. The molecule has 0 aromatic heterocycles. The van der Waals surface area contributed by atoms with Gasteiger partial charge < -0.3 is 25.5 Å².